The molecule has 0 saturated heterocycles. The summed E-state index contributed by atoms with van der Waals surface area (Å²) in [4.78, 5) is 26.6. The predicted octanol–water partition coefficient (Wildman–Crippen LogP) is -1.34. The van der Waals surface area contributed by atoms with Gasteiger partial charge in [-0.2, -0.15) is 29.9 Å². The summed E-state index contributed by atoms with van der Waals surface area (Å²) in [6.07, 6.45) is 0. The van der Waals surface area contributed by atoms with E-state index >= 15 is 0 Å². The van der Waals surface area contributed by atoms with Gasteiger partial charge in [0.05, 0.1) is 0 Å². The van der Waals surface area contributed by atoms with Crippen molar-refractivity contribution in [3.63, 3.8) is 0 Å². The molecular formula is C9H14N12. The number of anilines is 5. The first kappa shape index (κ1) is 14.1. The van der Waals surface area contributed by atoms with E-state index in [0.717, 1.165) is 0 Å². The van der Waals surface area contributed by atoms with Crippen molar-refractivity contribution in [1.82, 2.24) is 29.9 Å². The molecule has 2 heterocycles. The minimum absolute atomic E-state index is 0.0462. The molecule has 2 aromatic heterocycles. The van der Waals surface area contributed by atoms with E-state index in [-0.39, 0.29) is 29.7 Å². The first-order valence-corrected chi connectivity index (χ1v) is 5.80. The third-order valence-corrected chi connectivity index (χ3v) is 2.14. The van der Waals surface area contributed by atoms with Gasteiger partial charge in [-0.05, 0) is 6.72 Å². The maximum absolute atomic E-state index is 5.50. The van der Waals surface area contributed by atoms with E-state index < -0.39 is 0 Å². The molecule has 110 valence electrons. The second kappa shape index (κ2) is 6.23. The average molecular weight is 290 g/mol. The number of nitrogens with zero attached hydrogens (tertiary/aromatic N) is 7. The molecule has 0 atom stereocenters. The molecule has 0 fully saturated rings. The van der Waals surface area contributed by atoms with E-state index in [1.54, 1.807) is 0 Å². The number of rotatable bonds is 6. The van der Waals surface area contributed by atoms with Crippen molar-refractivity contribution < 1.29 is 0 Å². The monoisotopic (exact) mass is 290 g/mol. The van der Waals surface area contributed by atoms with Crippen LogP contribution in [0.4, 0.5) is 35.7 Å². The van der Waals surface area contributed by atoms with Gasteiger partial charge in [0, 0.05) is 13.1 Å². The Morgan fingerprint density at radius 1 is 0.762 bits per heavy atom. The third-order valence-electron chi connectivity index (χ3n) is 2.14. The Balaban J connectivity index is 1.87. The predicted molar refractivity (Wildman–Crippen MR) is 79.1 cm³/mol. The third kappa shape index (κ3) is 4.09. The molecular weight excluding hydrogens is 276 g/mol. The molecule has 0 saturated carbocycles. The molecule has 2 rings (SSSR count). The molecule has 2 aromatic rings. The van der Waals surface area contributed by atoms with E-state index in [4.69, 9.17) is 17.2 Å². The van der Waals surface area contributed by atoms with Crippen LogP contribution in [0.5, 0.6) is 0 Å². The Labute approximate surface area is 119 Å². The van der Waals surface area contributed by atoms with E-state index in [1.165, 1.54) is 0 Å². The first-order valence-electron chi connectivity index (χ1n) is 5.80. The van der Waals surface area contributed by atoms with Crippen molar-refractivity contribution in [2.75, 3.05) is 40.9 Å². The highest BCUT2D eigenvalue weighted by molar-refractivity contribution is 5.42. The Morgan fingerprint density at radius 3 is 1.76 bits per heavy atom. The lowest BCUT2D eigenvalue weighted by molar-refractivity contribution is 0.973. The Bertz CT molecular complexity index is 620. The summed E-state index contributed by atoms with van der Waals surface area (Å²) in [5, 5.41) is 5.85. The molecule has 0 bridgehead atoms. The molecule has 0 aromatic carbocycles. The summed E-state index contributed by atoms with van der Waals surface area (Å²) < 4.78 is 0. The van der Waals surface area contributed by atoms with Crippen LogP contribution < -0.4 is 27.8 Å². The topological polar surface area (TPSA) is 192 Å². The fraction of sp³-hybridized carbons (Fsp3) is 0.222. The zero-order chi connectivity index (χ0) is 15.2. The number of nitrogens with one attached hydrogen (secondary N) is 2. The van der Waals surface area contributed by atoms with Crippen LogP contribution in [0.1, 0.15) is 0 Å². The summed E-state index contributed by atoms with van der Waals surface area (Å²) in [6, 6.07) is 0. The number of hydrogen-bond donors (Lipinski definition) is 5. The van der Waals surface area contributed by atoms with Crippen molar-refractivity contribution in [1.29, 1.82) is 0 Å². The summed E-state index contributed by atoms with van der Waals surface area (Å²) in [7, 11) is 0. The number of aliphatic imine (C=N–C) groups is 1. The normalized spacial score (nSPS) is 10.1. The zero-order valence-electron chi connectivity index (χ0n) is 11.0. The Hall–Kier alpha value is -3.31. The van der Waals surface area contributed by atoms with Gasteiger partial charge >= 0.3 is 0 Å². The molecule has 0 unspecified atom stereocenters. The quantitative estimate of drug-likeness (QED) is 0.312. The van der Waals surface area contributed by atoms with E-state index in [0.29, 0.717) is 19.0 Å². The number of nitrogens with two attached hydrogens (primary N) is 3. The molecule has 0 aliphatic carbocycles. The van der Waals surface area contributed by atoms with Crippen molar-refractivity contribution in [3.8, 4) is 0 Å². The van der Waals surface area contributed by atoms with Gasteiger partial charge < -0.3 is 27.8 Å². The smallest absolute Gasteiger partial charge is 0.255 e. The number of hydrogen-bond acceptors (Lipinski definition) is 12. The first-order chi connectivity index (χ1) is 10.1. The second-order valence-electron chi connectivity index (χ2n) is 3.70. The Morgan fingerprint density at radius 2 is 1.24 bits per heavy atom. The van der Waals surface area contributed by atoms with Gasteiger partial charge in [0.1, 0.15) is 0 Å². The van der Waals surface area contributed by atoms with Crippen LogP contribution in [0, 0.1) is 0 Å². The van der Waals surface area contributed by atoms with Gasteiger partial charge in [-0.3, -0.25) is 0 Å². The molecule has 0 radical (unpaired) electrons. The molecule has 0 aliphatic heterocycles. The van der Waals surface area contributed by atoms with Gasteiger partial charge in [-0.1, -0.05) is 0 Å². The zero-order valence-corrected chi connectivity index (χ0v) is 11.0. The number of aromatic nitrogens is 6. The van der Waals surface area contributed by atoms with Crippen LogP contribution in [-0.2, 0) is 0 Å². The lowest BCUT2D eigenvalue weighted by Gasteiger charge is -2.07. The maximum atomic E-state index is 5.50. The van der Waals surface area contributed by atoms with Crippen molar-refractivity contribution in [2.24, 2.45) is 4.99 Å². The van der Waals surface area contributed by atoms with E-state index in [1.807, 2.05) is 0 Å². The highest BCUT2D eigenvalue weighted by Crippen LogP contribution is 2.08. The van der Waals surface area contributed by atoms with Gasteiger partial charge in [0.25, 0.3) is 5.95 Å². The SMILES string of the molecule is C=Nc1nc(N)nc(NCCNc2nc(N)nc(N)n2)n1. The van der Waals surface area contributed by atoms with Crippen LogP contribution in [0.2, 0.25) is 0 Å². The fourth-order valence-corrected chi connectivity index (χ4v) is 1.37. The van der Waals surface area contributed by atoms with Crippen LogP contribution in [0.3, 0.4) is 0 Å². The van der Waals surface area contributed by atoms with Crippen molar-refractivity contribution in [3.05, 3.63) is 0 Å². The molecule has 0 spiro atoms. The van der Waals surface area contributed by atoms with Crippen molar-refractivity contribution >= 4 is 42.4 Å². The average Bonchev–Trinajstić information content (AvgIpc) is 2.42. The van der Waals surface area contributed by atoms with Crippen molar-refractivity contribution in [2.45, 2.75) is 0 Å². The number of nitrogen functional groups attached to an aromatic ring is 3. The maximum Gasteiger partial charge on any atom is 0.255 e. The largest absolute Gasteiger partial charge is 0.368 e. The molecule has 21 heavy (non-hydrogen) atoms. The molecule has 0 aliphatic rings. The van der Waals surface area contributed by atoms with Gasteiger partial charge in [0.2, 0.25) is 29.7 Å². The van der Waals surface area contributed by atoms with Crippen LogP contribution in [0.15, 0.2) is 4.99 Å². The van der Waals surface area contributed by atoms with E-state index in [9.17, 15) is 0 Å². The second-order valence-corrected chi connectivity index (χ2v) is 3.70. The Kier molecular flexibility index (Phi) is 4.18. The van der Waals surface area contributed by atoms with Gasteiger partial charge in [0.15, 0.2) is 0 Å². The lowest BCUT2D eigenvalue weighted by Crippen LogP contribution is -2.18. The van der Waals surface area contributed by atoms with Gasteiger partial charge in [-0.25, -0.2) is 4.99 Å². The highest BCUT2D eigenvalue weighted by atomic mass is 15.2. The van der Waals surface area contributed by atoms with E-state index in [2.05, 4.69) is 52.2 Å². The molecule has 0 amide bonds. The molecule has 12 heteroatoms. The summed E-state index contributed by atoms with van der Waals surface area (Å²) in [5.41, 5.74) is 16.4. The fourth-order valence-electron chi connectivity index (χ4n) is 1.37. The molecule has 12 nitrogen and oxygen atoms in total. The standard InChI is InChI=1S/C9H14N12/c1-13-7-17-6(12)20-9(21-7)15-3-2-14-8-18-4(10)16-5(11)19-8/h1-3H2,(H3,12,15,17,20,21)(H5,10,11,14,16,18,19). The highest BCUT2D eigenvalue weighted by Gasteiger charge is 2.03. The van der Waals surface area contributed by atoms with Gasteiger partial charge in [-0.15, -0.1) is 0 Å². The minimum atomic E-state index is 0.0462. The summed E-state index contributed by atoms with van der Waals surface area (Å²) in [5.74, 6) is 0.874. The molecule has 8 N–H and O–H groups in total. The van der Waals surface area contributed by atoms with Crippen LogP contribution in [0.25, 0.3) is 0 Å². The lowest BCUT2D eigenvalue weighted by atomic mass is 10.6. The van der Waals surface area contributed by atoms with Crippen LogP contribution in [-0.4, -0.2) is 49.7 Å². The summed E-state index contributed by atoms with van der Waals surface area (Å²) >= 11 is 0. The van der Waals surface area contributed by atoms with Crippen LogP contribution >= 0.6 is 0 Å². The minimum Gasteiger partial charge on any atom is -0.368 e. The summed E-state index contributed by atoms with van der Waals surface area (Å²) in [6.45, 7) is 4.25.